The van der Waals surface area contributed by atoms with Gasteiger partial charge in [0.1, 0.15) is 4.90 Å². The van der Waals surface area contributed by atoms with Gasteiger partial charge in [0.05, 0.1) is 0 Å². The molecule has 114 valence electrons. The van der Waals surface area contributed by atoms with E-state index in [-0.39, 0.29) is 17.3 Å². The number of anilines is 1. The maximum absolute atomic E-state index is 12.8. The third-order valence-electron chi connectivity index (χ3n) is 2.82. The van der Waals surface area contributed by atoms with E-state index in [4.69, 9.17) is 5.73 Å². The maximum Gasteiger partial charge on any atom is 0.249 e. The van der Waals surface area contributed by atoms with Crippen molar-refractivity contribution in [2.24, 2.45) is 0 Å². The van der Waals surface area contributed by atoms with Gasteiger partial charge in [-0.2, -0.15) is 9.40 Å². The van der Waals surface area contributed by atoms with E-state index in [0.717, 1.165) is 6.42 Å². The van der Waals surface area contributed by atoms with Crippen molar-refractivity contribution in [3.63, 3.8) is 0 Å². The van der Waals surface area contributed by atoms with Crippen LogP contribution in [0.5, 0.6) is 0 Å². The van der Waals surface area contributed by atoms with Gasteiger partial charge in [-0.05, 0) is 27.2 Å². The molecule has 1 rings (SSSR count). The van der Waals surface area contributed by atoms with E-state index < -0.39 is 15.6 Å². The van der Waals surface area contributed by atoms with Crippen LogP contribution in [0.3, 0.4) is 0 Å². The van der Waals surface area contributed by atoms with E-state index in [1.165, 1.54) is 10.5 Å². The van der Waals surface area contributed by atoms with E-state index in [0.29, 0.717) is 6.54 Å². The lowest BCUT2D eigenvalue weighted by atomic mass is 10.1. The molecule has 0 aliphatic carbocycles. The summed E-state index contributed by atoms with van der Waals surface area (Å²) in [7, 11) is -3.70. The molecule has 0 spiro atoms. The maximum atomic E-state index is 12.8. The van der Waals surface area contributed by atoms with Crippen LogP contribution in [0.25, 0.3) is 0 Å². The molecule has 0 aliphatic rings. The van der Waals surface area contributed by atoms with Gasteiger partial charge in [0.15, 0.2) is 5.82 Å². The summed E-state index contributed by atoms with van der Waals surface area (Å²) >= 11 is 0. The second-order valence-electron chi connectivity index (χ2n) is 5.64. The Labute approximate surface area is 121 Å². The highest BCUT2D eigenvalue weighted by molar-refractivity contribution is 7.89. The summed E-state index contributed by atoms with van der Waals surface area (Å²) in [4.78, 5) is 0.0581. The molecular formula is C13H24N4O2S. The first kappa shape index (κ1) is 16.7. The number of nitrogens with two attached hydrogens (primary N) is 1. The third-order valence-corrected chi connectivity index (χ3v) is 4.97. The Morgan fingerprint density at radius 1 is 1.50 bits per heavy atom. The van der Waals surface area contributed by atoms with Crippen molar-refractivity contribution >= 4 is 15.8 Å². The van der Waals surface area contributed by atoms with Gasteiger partial charge in [-0.3, -0.25) is 4.68 Å². The fourth-order valence-corrected chi connectivity index (χ4v) is 3.75. The van der Waals surface area contributed by atoms with Crippen molar-refractivity contribution in [1.29, 1.82) is 0 Å². The van der Waals surface area contributed by atoms with Gasteiger partial charge in [0, 0.05) is 24.8 Å². The summed E-state index contributed by atoms with van der Waals surface area (Å²) in [6, 6.07) is 0. The fraction of sp³-hybridized carbons (Fsp3) is 0.615. The van der Waals surface area contributed by atoms with E-state index in [9.17, 15) is 8.42 Å². The second kappa shape index (κ2) is 5.97. The summed E-state index contributed by atoms with van der Waals surface area (Å²) in [6.45, 7) is 12.0. The minimum atomic E-state index is -3.70. The summed E-state index contributed by atoms with van der Waals surface area (Å²) in [6.07, 6.45) is 3.92. The minimum Gasteiger partial charge on any atom is -0.381 e. The third kappa shape index (κ3) is 3.40. The van der Waals surface area contributed by atoms with Crippen molar-refractivity contribution in [1.82, 2.24) is 14.1 Å². The average molecular weight is 300 g/mol. The van der Waals surface area contributed by atoms with Crippen molar-refractivity contribution < 1.29 is 8.42 Å². The summed E-state index contributed by atoms with van der Waals surface area (Å²) in [5.41, 5.74) is 5.21. The second-order valence-corrected chi connectivity index (χ2v) is 7.47. The van der Waals surface area contributed by atoms with Crippen LogP contribution in [-0.2, 0) is 16.6 Å². The molecule has 0 unspecified atom stereocenters. The van der Waals surface area contributed by atoms with E-state index in [1.54, 1.807) is 10.8 Å². The molecule has 0 saturated heterocycles. The number of aryl methyl sites for hydroxylation is 1. The van der Waals surface area contributed by atoms with Gasteiger partial charge in [0.25, 0.3) is 0 Å². The standard InChI is InChI=1S/C13H24N4O2S/c1-6-8-16-10-11(12(14)15-16)20(18,19)17(9-7-2)13(3,4)5/h7,10H,2,6,8-9H2,1,3-5H3,(H2,14,15). The normalized spacial score (nSPS) is 12.8. The Balaban J connectivity index is 3.29. The lowest BCUT2D eigenvalue weighted by Gasteiger charge is -2.33. The molecule has 1 aromatic heterocycles. The fourth-order valence-electron chi connectivity index (χ4n) is 1.93. The van der Waals surface area contributed by atoms with E-state index in [1.807, 2.05) is 27.7 Å². The number of rotatable bonds is 6. The predicted molar refractivity (Wildman–Crippen MR) is 80.8 cm³/mol. The Bertz CT molecular complexity index is 570. The minimum absolute atomic E-state index is 0.0387. The molecule has 20 heavy (non-hydrogen) atoms. The van der Waals surface area contributed by atoms with Crippen LogP contribution >= 0.6 is 0 Å². The highest BCUT2D eigenvalue weighted by Gasteiger charge is 2.35. The van der Waals surface area contributed by atoms with Gasteiger partial charge >= 0.3 is 0 Å². The molecule has 0 aromatic carbocycles. The van der Waals surface area contributed by atoms with Gasteiger partial charge in [-0.15, -0.1) is 6.58 Å². The highest BCUT2D eigenvalue weighted by Crippen LogP contribution is 2.27. The summed E-state index contributed by atoms with van der Waals surface area (Å²) < 4.78 is 28.4. The molecule has 0 atom stereocenters. The number of aromatic nitrogens is 2. The zero-order valence-corrected chi connectivity index (χ0v) is 13.4. The molecular weight excluding hydrogens is 276 g/mol. The zero-order valence-electron chi connectivity index (χ0n) is 12.6. The predicted octanol–water partition coefficient (Wildman–Crippen LogP) is 1.85. The smallest absolute Gasteiger partial charge is 0.249 e. The number of hydrogen-bond acceptors (Lipinski definition) is 4. The Morgan fingerprint density at radius 3 is 2.55 bits per heavy atom. The SMILES string of the molecule is C=CCN(C(C)(C)C)S(=O)(=O)c1cn(CCC)nc1N. The van der Waals surface area contributed by atoms with Gasteiger partial charge in [-0.1, -0.05) is 13.0 Å². The van der Waals surface area contributed by atoms with Crippen LogP contribution in [0.2, 0.25) is 0 Å². The van der Waals surface area contributed by atoms with Crippen LogP contribution < -0.4 is 5.73 Å². The van der Waals surface area contributed by atoms with Crippen molar-refractivity contribution in [3.8, 4) is 0 Å². The van der Waals surface area contributed by atoms with Gasteiger partial charge in [-0.25, -0.2) is 8.42 Å². The van der Waals surface area contributed by atoms with Crippen LogP contribution in [0, 0.1) is 0 Å². The monoisotopic (exact) mass is 300 g/mol. The summed E-state index contributed by atoms with van der Waals surface area (Å²) in [5, 5.41) is 4.05. The first-order valence-corrected chi connectivity index (χ1v) is 8.05. The average Bonchev–Trinajstić information content (AvgIpc) is 2.66. The van der Waals surface area contributed by atoms with Crippen molar-refractivity contribution in [2.45, 2.75) is 51.1 Å². The summed E-state index contributed by atoms with van der Waals surface area (Å²) in [5.74, 6) is 0.0387. The molecule has 7 heteroatoms. The number of nitrogens with zero attached hydrogens (tertiary/aromatic N) is 3. The van der Waals surface area contributed by atoms with Crippen LogP contribution in [0.4, 0.5) is 5.82 Å². The topological polar surface area (TPSA) is 81.2 Å². The van der Waals surface area contributed by atoms with Crippen LogP contribution in [0.15, 0.2) is 23.7 Å². The first-order valence-electron chi connectivity index (χ1n) is 6.61. The molecule has 0 fully saturated rings. The van der Waals surface area contributed by atoms with Crippen LogP contribution in [-0.4, -0.2) is 34.6 Å². The Morgan fingerprint density at radius 2 is 2.10 bits per heavy atom. The van der Waals surface area contributed by atoms with Crippen molar-refractivity contribution in [2.75, 3.05) is 12.3 Å². The largest absolute Gasteiger partial charge is 0.381 e. The van der Waals surface area contributed by atoms with E-state index in [2.05, 4.69) is 11.7 Å². The molecule has 0 saturated carbocycles. The molecule has 0 aliphatic heterocycles. The molecule has 0 amide bonds. The van der Waals surface area contributed by atoms with Crippen LogP contribution in [0.1, 0.15) is 34.1 Å². The number of sulfonamides is 1. The van der Waals surface area contributed by atoms with Crippen molar-refractivity contribution in [3.05, 3.63) is 18.9 Å². The van der Waals surface area contributed by atoms with Gasteiger partial charge < -0.3 is 5.73 Å². The molecule has 0 bridgehead atoms. The van der Waals surface area contributed by atoms with Gasteiger partial charge in [0.2, 0.25) is 10.0 Å². The first-order chi connectivity index (χ1) is 9.14. The Hall–Kier alpha value is -1.34. The molecule has 1 heterocycles. The highest BCUT2D eigenvalue weighted by atomic mass is 32.2. The molecule has 2 N–H and O–H groups in total. The Kier molecular flexibility index (Phi) is 4.99. The molecule has 1 aromatic rings. The van der Waals surface area contributed by atoms with E-state index >= 15 is 0 Å². The number of hydrogen-bond donors (Lipinski definition) is 1. The lowest BCUT2D eigenvalue weighted by Crippen LogP contribution is -2.45. The lowest BCUT2D eigenvalue weighted by molar-refractivity contribution is 0.270. The molecule has 6 nitrogen and oxygen atoms in total. The zero-order chi connectivity index (χ0) is 15.6. The quantitative estimate of drug-likeness (QED) is 0.813. The molecule has 0 radical (unpaired) electrons. The number of nitrogen functional groups attached to an aromatic ring is 1.